The minimum atomic E-state index is -0.624. The summed E-state index contributed by atoms with van der Waals surface area (Å²) in [5.74, 6) is -1.41. The zero-order chi connectivity index (χ0) is 19.1. The van der Waals surface area contributed by atoms with Gasteiger partial charge in [0.2, 0.25) is 5.91 Å². The summed E-state index contributed by atoms with van der Waals surface area (Å²) in [5, 5.41) is 5.35. The second-order valence-corrected chi connectivity index (χ2v) is 6.43. The standard InChI is InChI=1S/C20H24FN3O2/c1-14(12-24(3)13-16-7-5-4-6-8-16)22-20(26)18-11-17(23-15(2)25)9-10-19(18)21/h4-11,14H,12-13H2,1-3H3,(H,22,26)(H,23,25)/t14-/m1/s1. The highest BCUT2D eigenvalue weighted by Crippen LogP contribution is 2.15. The van der Waals surface area contributed by atoms with Crippen LogP contribution in [0.1, 0.15) is 29.8 Å². The zero-order valence-electron chi connectivity index (χ0n) is 15.3. The maximum absolute atomic E-state index is 14.0. The lowest BCUT2D eigenvalue weighted by Gasteiger charge is -2.22. The number of rotatable bonds is 7. The van der Waals surface area contributed by atoms with Crippen molar-refractivity contribution in [3.05, 3.63) is 65.5 Å². The molecule has 2 N–H and O–H groups in total. The summed E-state index contributed by atoms with van der Waals surface area (Å²) in [6.07, 6.45) is 0. The van der Waals surface area contributed by atoms with Gasteiger partial charge in [-0.1, -0.05) is 30.3 Å². The largest absolute Gasteiger partial charge is 0.348 e. The Morgan fingerprint density at radius 3 is 2.50 bits per heavy atom. The van der Waals surface area contributed by atoms with Crippen LogP contribution < -0.4 is 10.6 Å². The average molecular weight is 357 g/mol. The maximum atomic E-state index is 14.0. The third-order valence-electron chi connectivity index (χ3n) is 3.79. The highest BCUT2D eigenvalue weighted by atomic mass is 19.1. The summed E-state index contributed by atoms with van der Waals surface area (Å²) in [7, 11) is 1.97. The molecule has 0 aliphatic rings. The van der Waals surface area contributed by atoms with Crippen LogP contribution in [0, 0.1) is 5.82 Å². The lowest BCUT2D eigenvalue weighted by molar-refractivity contribution is -0.114. The molecule has 0 aliphatic heterocycles. The van der Waals surface area contributed by atoms with Crippen LogP contribution in [0.4, 0.5) is 10.1 Å². The predicted molar refractivity (Wildman–Crippen MR) is 100 cm³/mol. The maximum Gasteiger partial charge on any atom is 0.254 e. The molecule has 0 aliphatic carbocycles. The fraction of sp³-hybridized carbons (Fsp3) is 0.300. The molecule has 0 unspecified atom stereocenters. The number of anilines is 1. The van der Waals surface area contributed by atoms with Gasteiger partial charge in [-0.05, 0) is 37.7 Å². The molecule has 0 fully saturated rings. The molecular formula is C20H24FN3O2. The Kier molecular flexibility index (Phi) is 6.86. The van der Waals surface area contributed by atoms with Crippen LogP contribution in [-0.2, 0) is 11.3 Å². The summed E-state index contributed by atoms with van der Waals surface area (Å²) < 4.78 is 14.0. The van der Waals surface area contributed by atoms with E-state index in [1.54, 1.807) is 0 Å². The Balaban J connectivity index is 1.95. The Hall–Kier alpha value is -2.73. The van der Waals surface area contributed by atoms with E-state index >= 15 is 0 Å². The van der Waals surface area contributed by atoms with Gasteiger partial charge in [-0.25, -0.2) is 4.39 Å². The minimum absolute atomic E-state index is 0.0891. The molecule has 26 heavy (non-hydrogen) atoms. The molecule has 6 heteroatoms. The van der Waals surface area contributed by atoms with Gasteiger partial charge in [0.25, 0.3) is 5.91 Å². The van der Waals surface area contributed by atoms with E-state index in [-0.39, 0.29) is 17.5 Å². The van der Waals surface area contributed by atoms with Crippen LogP contribution in [0.15, 0.2) is 48.5 Å². The first-order chi connectivity index (χ1) is 12.3. The molecular weight excluding hydrogens is 333 g/mol. The van der Waals surface area contributed by atoms with Gasteiger partial charge < -0.3 is 15.5 Å². The molecule has 2 aromatic carbocycles. The first kappa shape index (κ1) is 19.6. The third-order valence-corrected chi connectivity index (χ3v) is 3.79. The predicted octanol–water partition coefficient (Wildman–Crippen LogP) is 3.03. The number of amides is 2. The van der Waals surface area contributed by atoms with E-state index in [1.807, 2.05) is 44.3 Å². The molecule has 0 saturated heterocycles. The molecule has 5 nitrogen and oxygen atoms in total. The van der Waals surface area contributed by atoms with Crippen molar-refractivity contribution in [3.8, 4) is 0 Å². The fourth-order valence-electron chi connectivity index (χ4n) is 2.75. The normalized spacial score (nSPS) is 11.9. The minimum Gasteiger partial charge on any atom is -0.348 e. The molecule has 138 valence electrons. The fourth-order valence-corrected chi connectivity index (χ4v) is 2.75. The van der Waals surface area contributed by atoms with Gasteiger partial charge in [0.05, 0.1) is 5.56 Å². The highest BCUT2D eigenvalue weighted by molar-refractivity contribution is 5.97. The van der Waals surface area contributed by atoms with Crippen molar-refractivity contribution in [1.82, 2.24) is 10.2 Å². The van der Waals surface area contributed by atoms with Crippen molar-refractivity contribution < 1.29 is 14.0 Å². The number of benzene rings is 2. The van der Waals surface area contributed by atoms with E-state index < -0.39 is 11.7 Å². The van der Waals surface area contributed by atoms with Gasteiger partial charge in [0.15, 0.2) is 0 Å². The van der Waals surface area contributed by atoms with Crippen molar-refractivity contribution >= 4 is 17.5 Å². The lowest BCUT2D eigenvalue weighted by Crippen LogP contribution is -2.40. The van der Waals surface area contributed by atoms with E-state index in [9.17, 15) is 14.0 Å². The van der Waals surface area contributed by atoms with Gasteiger partial charge in [-0.3, -0.25) is 9.59 Å². The summed E-state index contributed by atoms with van der Waals surface area (Å²) >= 11 is 0. The first-order valence-electron chi connectivity index (χ1n) is 8.45. The van der Waals surface area contributed by atoms with Gasteiger partial charge in [0.1, 0.15) is 5.82 Å². The average Bonchev–Trinajstić information content (AvgIpc) is 2.56. The van der Waals surface area contributed by atoms with Crippen LogP contribution in [0.3, 0.4) is 0 Å². The van der Waals surface area contributed by atoms with Gasteiger partial charge in [-0.15, -0.1) is 0 Å². The van der Waals surface area contributed by atoms with Crippen molar-refractivity contribution in [1.29, 1.82) is 0 Å². The molecule has 2 rings (SSSR count). The zero-order valence-corrected chi connectivity index (χ0v) is 15.3. The Morgan fingerprint density at radius 2 is 1.85 bits per heavy atom. The van der Waals surface area contributed by atoms with Crippen LogP contribution in [0.5, 0.6) is 0 Å². The number of hydrogen-bond acceptors (Lipinski definition) is 3. The number of carbonyl (C=O) groups excluding carboxylic acids is 2. The second kappa shape index (κ2) is 9.10. The number of hydrogen-bond donors (Lipinski definition) is 2. The van der Waals surface area contributed by atoms with Crippen molar-refractivity contribution in [3.63, 3.8) is 0 Å². The SMILES string of the molecule is CC(=O)Nc1ccc(F)c(C(=O)N[C@H](C)CN(C)Cc2ccccc2)c1. The Labute approximate surface area is 153 Å². The van der Waals surface area contributed by atoms with E-state index in [2.05, 4.69) is 15.5 Å². The monoisotopic (exact) mass is 357 g/mol. The first-order valence-corrected chi connectivity index (χ1v) is 8.45. The number of nitrogens with zero attached hydrogens (tertiary/aromatic N) is 1. The van der Waals surface area contributed by atoms with E-state index in [4.69, 9.17) is 0 Å². The van der Waals surface area contributed by atoms with Crippen LogP contribution in [0.2, 0.25) is 0 Å². The topological polar surface area (TPSA) is 61.4 Å². The quantitative estimate of drug-likeness (QED) is 0.801. The molecule has 2 amide bonds. The molecule has 0 aromatic heterocycles. The van der Waals surface area contributed by atoms with E-state index in [0.29, 0.717) is 12.2 Å². The summed E-state index contributed by atoms with van der Waals surface area (Å²) in [5.41, 5.74) is 1.48. The molecule has 0 bridgehead atoms. The van der Waals surface area contributed by atoms with Gasteiger partial charge in [-0.2, -0.15) is 0 Å². The Bertz CT molecular complexity index is 765. The highest BCUT2D eigenvalue weighted by Gasteiger charge is 2.16. The molecule has 1 atom stereocenters. The van der Waals surface area contributed by atoms with E-state index in [1.165, 1.54) is 30.7 Å². The molecule has 0 heterocycles. The molecule has 0 radical (unpaired) electrons. The number of nitrogens with one attached hydrogen (secondary N) is 2. The molecule has 2 aromatic rings. The summed E-state index contributed by atoms with van der Waals surface area (Å²) in [4.78, 5) is 25.6. The van der Waals surface area contributed by atoms with Crippen molar-refractivity contribution in [2.75, 3.05) is 18.9 Å². The van der Waals surface area contributed by atoms with E-state index in [0.717, 1.165) is 6.54 Å². The smallest absolute Gasteiger partial charge is 0.254 e. The number of likely N-dealkylation sites (N-methyl/N-ethyl adjacent to an activating group) is 1. The number of halogens is 1. The van der Waals surface area contributed by atoms with Gasteiger partial charge in [0, 0.05) is 31.7 Å². The molecule has 0 saturated carbocycles. The van der Waals surface area contributed by atoms with Crippen molar-refractivity contribution in [2.45, 2.75) is 26.4 Å². The van der Waals surface area contributed by atoms with Crippen LogP contribution in [0.25, 0.3) is 0 Å². The van der Waals surface area contributed by atoms with Crippen LogP contribution >= 0.6 is 0 Å². The van der Waals surface area contributed by atoms with Crippen LogP contribution in [-0.4, -0.2) is 36.3 Å². The summed E-state index contributed by atoms with van der Waals surface area (Å²) in [6, 6.07) is 13.8. The van der Waals surface area contributed by atoms with Gasteiger partial charge >= 0.3 is 0 Å². The Morgan fingerprint density at radius 1 is 1.15 bits per heavy atom. The number of carbonyl (C=O) groups is 2. The van der Waals surface area contributed by atoms with Crippen molar-refractivity contribution in [2.24, 2.45) is 0 Å². The third kappa shape index (κ3) is 5.97. The summed E-state index contributed by atoms with van der Waals surface area (Å²) in [6.45, 7) is 4.60. The second-order valence-electron chi connectivity index (χ2n) is 6.43. The molecule has 0 spiro atoms. The lowest BCUT2D eigenvalue weighted by atomic mass is 10.1.